The Morgan fingerprint density at radius 3 is 2.45 bits per heavy atom. The Morgan fingerprint density at radius 1 is 1.36 bits per heavy atom. The topological polar surface area (TPSA) is 0 Å². The van der Waals surface area contributed by atoms with Crippen LogP contribution in [0.25, 0.3) is 0 Å². The van der Waals surface area contributed by atoms with Gasteiger partial charge in [0, 0.05) is 5.33 Å². The minimum Gasteiger partial charge on any atom is -0.0876 e. The molecule has 3 heteroatoms. The molecule has 0 saturated carbocycles. The van der Waals surface area contributed by atoms with Crippen LogP contribution in [0, 0.1) is 6.92 Å². The number of hydrogen-bond acceptors (Lipinski definition) is 0. The Kier molecular flexibility index (Phi) is 3.23. The van der Waals surface area contributed by atoms with Gasteiger partial charge in [-0.1, -0.05) is 45.2 Å². The van der Waals surface area contributed by atoms with Crippen molar-refractivity contribution in [3.05, 3.63) is 33.3 Å². The van der Waals surface area contributed by atoms with Crippen LogP contribution in [0.15, 0.2) is 12.1 Å². The van der Waals surface area contributed by atoms with Gasteiger partial charge in [-0.3, -0.25) is 0 Å². The summed E-state index contributed by atoms with van der Waals surface area (Å²) in [5.74, 6) is 0. The predicted octanol–water partition coefficient (Wildman–Crippen LogP) is 4.20. The van der Waals surface area contributed by atoms with Crippen molar-refractivity contribution in [2.45, 2.75) is 12.3 Å². The highest BCUT2D eigenvalue weighted by molar-refractivity contribution is 9.08. The van der Waals surface area contributed by atoms with Crippen molar-refractivity contribution in [1.82, 2.24) is 0 Å². The Balaban J connectivity index is 3.21. The van der Waals surface area contributed by atoms with Gasteiger partial charge in [-0.2, -0.15) is 0 Å². The smallest absolute Gasteiger partial charge is 0.0621 e. The molecule has 1 aromatic carbocycles. The van der Waals surface area contributed by atoms with Crippen LogP contribution >= 0.6 is 39.1 Å². The van der Waals surface area contributed by atoms with Gasteiger partial charge in [0.05, 0.1) is 10.0 Å². The zero-order valence-corrected chi connectivity index (χ0v) is 9.09. The zero-order chi connectivity index (χ0) is 8.43. The predicted molar refractivity (Wildman–Crippen MR) is 53.8 cm³/mol. The second-order valence-electron chi connectivity index (χ2n) is 2.34. The maximum absolute atomic E-state index is 5.86. The molecule has 1 aromatic rings. The molecule has 0 amide bonds. The van der Waals surface area contributed by atoms with Crippen LogP contribution in [0.4, 0.5) is 0 Å². The monoisotopic (exact) mass is 252 g/mol. The highest BCUT2D eigenvalue weighted by Crippen LogP contribution is 2.27. The molecule has 0 N–H and O–H groups in total. The van der Waals surface area contributed by atoms with Crippen molar-refractivity contribution < 1.29 is 0 Å². The van der Waals surface area contributed by atoms with E-state index in [4.69, 9.17) is 23.2 Å². The molecule has 0 atom stereocenters. The summed E-state index contributed by atoms with van der Waals surface area (Å²) in [5, 5.41) is 2.09. The van der Waals surface area contributed by atoms with E-state index in [2.05, 4.69) is 15.9 Å². The molecular formula is C8H7BrCl2. The van der Waals surface area contributed by atoms with E-state index in [0.717, 1.165) is 16.5 Å². The summed E-state index contributed by atoms with van der Waals surface area (Å²) in [7, 11) is 0. The molecule has 0 aliphatic carbocycles. The summed E-state index contributed by atoms with van der Waals surface area (Å²) in [6.07, 6.45) is 0. The third kappa shape index (κ3) is 2.11. The van der Waals surface area contributed by atoms with E-state index in [1.54, 1.807) is 0 Å². The van der Waals surface area contributed by atoms with Gasteiger partial charge in [-0.15, -0.1) is 0 Å². The molecule has 0 fully saturated rings. The molecule has 0 aliphatic rings. The molecule has 0 aromatic heterocycles. The average molecular weight is 254 g/mol. The minimum absolute atomic E-state index is 0.626. The summed E-state index contributed by atoms with van der Waals surface area (Å²) in [5.41, 5.74) is 2.17. The van der Waals surface area contributed by atoms with E-state index in [0.29, 0.717) is 10.0 Å². The van der Waals surface area contributed by atoms with E-state index in [1.165, 1.54) is 0 Å². The third-order valence-electron chi connectivity index (χ3n) is 1.42. The fourth-order valence-electron chi connectivity index (χ4n) is 0.875. The summed E-state index contributed by atoms with van der Waals surface area (Å²) >= 11 is 15.1. The average Bonchev–Trinajstić information content (AvgIpc) is 1.99. The van der Waals surface area contributed by atoms with Crippen LogP contribution in [0.3, 0.4) is 0 Å². The zero-order valence-electron chi connectivity index (χ0n) is 6.00. The van der Waals surface area contributed by atoms with Gasteiger partial charge >= 0.3 is 0 Å². The summed E-state index contributed by atoms with van der Waals surface area (Å²) in [4.78, 5) is 0. The van der Waals surface area contributed by atoms with Gasteiger partial charge in [0.1, 0.15) is 0 Å². The molecule has 60 valence electrons. The molecule has 0 bridgehead atoms. The lowest BCUT2D eigenvalue weighted by atomic mass is 10.2. The lowest BCUT2D eigenvalue weighted by molar-refractivity contribution is 1.37. The van der Waals surface area contributed by atoms with Crippen molar-refractivity contribution in [2.75, 3.05) is 0 Å². The number of aryl methyl sites for hydroxylation is 1. The Morgan fingerprint density at radius 2 is 2.00 bits per heavy atom. The highest BCUT2D eigenvalue weighted by Gasteiger charge is 2.02. The molecular weight excluding hydrogens is 247 g/mol. The fourth-order valence-corrected chi connectivity index (χ4v) is 1.60. The van der Waals surface area contributed by atoms with Gasteiger partial charge in [0.2, 0.25) is 0 Å². The Bertz CT molecular complexity index is 248. The minimum atomic E-state index is 0.626. The normalized spacial score (nSPS) is 10.2. The van der Waals surface area contributed by atoms with Crippen LogP contribution in [0.5, 0.6) is 0 Å². The van der Waals surface area contributed by atoms with E-state index >= 15 is 0 Å². The van der Waals surface area contributed by atoms with Gasteiger partial charge in [-0.05, 0) is 24.1 Å². The van der Waals surface area contributed by atoms with Gasteiger partial charge in [0.15, 0.2) is 0 Å². The number of hydrogen-bond donors (Lipinski definition) is 0. The maximum atomic E-state index is 5.86. The summed E-state index contributed by atoms with van der Waals surface area (Å²) in [6.45, 7) is 1.94. The lowest BCUT2D eigenvalue weighted by Gasteiger charge is -2.02. The van der Waals surface area contributed by atoms with Crippen LogP contribution in [-0.4, -0.2) is 0 Å². The molecule has 0 radical (unpaired) electrons. The first-order valence-electron chi connectivity index (χ1n) is 3.15. The largest absolute Gasteiger partial charge is 0.0876 e. The number of benzene rings is 1. The third-order valence-corrected chi connectivity index (χ3v) is 2.97. The number of alkyl halides is 1. The van der Waals surface area contributed by atoms with Gasteiger partial charge in [-0.25, -0.2) is 0 Å². The number of rotatable bonds is 1. The number of halogens is 3. The Labute approximate surface area is 84.6 Å². The van der Waals surface area contributed by atoms with E-state index in [-0.39, 0.29) is 0 Å². The van der Waals surface area contributed by atoms with Crippen molar-refractivity contribution >= 4 is 39.1 Å². The summed E-state index contributed by atoms with van der Waals surface area (Å²) in [6, 6.07) is 3.88. The first kappa shape index (κ1) is 9.37. The van der Waals surface area contributed by atoms with Crippen LogP contribution in [0.2, 0.25) is 10.0 Å². The highest BCUT2D eigenvalue weighted by atomic mass is 79.9. The molecule has 0 heterocycles. The van der Waals surface area contributed by atoms with Crippen molar-refractivity contribution in [3.63, 3.8) is 0 Å². The van der Waals surface area contributed by atoms with E-state index in [9.17, 15) is 0 Å². The fraction of sp³-hybridized carbons (Fsp3) is 0.250. The van der Waals surface area contributed by atoms with Crippen molar-refractivity contribution in [3.8, 4) is 0 Å². The van der Waals surface area contributed by atoms with Gasteiger partial charge in [0.25, 0.3) is 0 Å². The van der Waals surface area contributed by atoms with Crippen LogP contribution < -0.4 is 0 Å². The van der Waals surface area contributed by atoms with Crippen LogP contribution in [-0.2, 0) is 5.33 Å². The second-order valence-corrected chi connectivity index (χ2v) is 3.69. The molecule has 11 heavy (non-hydrogen) atoms. The molecule has 0 saturated heterocycles. The Hall–Kier alpha value is 0.280. The molecule has 0 nitrogen and oxygen atoms in total. The quantitative estimate of drug-likeness (QED) is 0.659. The van der Waals surface area contributed by atoms with Crippen LogP contribution in [0.1, 0.15) is 11.1 Å². The lowest BCUT2D eigenvalue weighted by Crippen LogP contribution is -1.82. The standard InChI is InChI=1S/C8H7BrCl2/c1-5-2-6(4-9)3-7(10)8(5)11/h2-3H,4H2,1H3. The molecule has 1 rings (SSSR count). The molecule has 0 aliphatic heterocycles. The van der Waals surface area contributed by atoms with Crippen molar-refractivity contribution in [1.29, 1.82) is 0 Å². The summed E-state index contributed by atoms with van der Waals surface area (Å²) < 4.78 is 0. The van der Waals surface area contributed by atoms with E-state index in [1.807, 2.05) is 19.1 Å². The SMILES string of the molecule is Cc1cc(CBr)cc(Cl)c1Cl. The maximum Gasteiger partial charge on any atom is 0.0621 e. The second kappa shape index (κ2) is 3.79. The molecule has 0 unspecified atom stereocenters. The molecule has 0 spiro atoms. The van der Waals surface area contributed by atoms with E-state index < -0.39 is 0 Å². The van der Waals surface area contributed by atoms with Gasteiger partial charge < -0.3 is 0 Å². The first-order valence-corrected chi connectivity index (χ1v) is 5.03. The first-order chi connectivity index (χ1) is 5.15. The van der Waals surface area contributed by atoms with Crippen molar-refractivity contribution in [2.24, 2.45) is 0 Å².